The second kappa shape index (κ2) is 9.13. The SMILES string of the molecule is CCOc1ccc(CN(C)C(=O)COc2ccc3ccc(OC)cc3c2)cc1. The fourth-order valence-electron chi connectivity index (χ4n) is 2.89. The van der Waals surface area contributed by atoms with Gasteiger partial charge in [0.2, 0.25) is 0 Å². The van der Waals surface area contributed by atoms with Crippen molar-refractivity contribution in [1.82, 2.24) is 4.90 Å². The highest BCUT2D eigenvalue weighted by Crippen LogP contribution is 2.25. The lowest BCUT2D eigenvalue weighted by molar-refractivity contribution is -0.132. The van der Waals surface area contributed by atoms with Gasteiger partial charge in [-0.05, 0) is 59.7 Å². The summed E-state index contributed by atoms with van der Waals surface area (Å²) in [5.74, 6) is 2.19. The molecule has 0 fully saturated rings. The van der Waals surface area contributed by atoms with Gasteiger partial charge >= 0.3 is 0 Å². The Kier molecular flexibility index (Phi) is 6.37. The summed E-state index contributed by atoms with van der Waals surface area (Å²) >= 11 is 0. The van der Waals surface area contributed by atoms with E-state index < -0.39 is 0 Å². The van der Waals surface area contributed by atoms with Crippen LogP contribution in [-0.2, 0) is 11.3 Å². The summed E-state index contributed by atoms with van der Waals surface area (Å²) in [7, 11) is 3.41. The maximum atomic E-state index is 12.4. The van der Waals surface area contributed by atoms with Crippen molar-refractivity contribution in [3.8, 4) is 17.2 Å². The van der Waals surface area contributed by atoms with Crippen LogP contribution in [0.15, 0.2) is 60.7 Å². The van der Waals surface area contributed by atoms with Crippen molar-refractivity contribution in [3.05, 3.63) is 66.2 Å². The molecule has 0 saturated heterocycles. The van der Waals surface area contributed by atoms with Gasteiger partial charge in [-0.15, -0.1) is 0 Å². The highest BCUT2D eigenvalue weighted by atomic mass is 16.5. The zero-order valence-electron chi connectivity index (χ0n) is 16.5. The van der Waals surface area contributed by atoms with Gasteiger partial charge in [-0.25, -0.2) is 0 Å². The normalized spacial score (nSPS) is 10.5. The number of hydrogen-bond acceptors (Lipinski definition) is 4. The molecule has 0 aliphatic heterocycles. The van der Waals surface area contributed by atoms with Crippen LogP contribution in [0.2, 0.25) is 0 Å². The Bertz CT molecular complexity index is 937. The molecule has 3 rings (SSSR count). The fraction of sp³-hybridized carbons (Fsp3) is 0.261. The van der Waals surface area contributed by atoms with E-state index in [2.05, 4.69) is 0 Å². The second-order valence-corrected chi connectivity index (χ2v) is 6.49. The average molecular weight is 379 g/mol. The molecule has 5 nitrogen and oxygen atoms in total. The van der Waals surface area contributed by atoms with Gasteiger partial charge in [0.15, 0.2) is 6.61 Å². The molecular formula is C23H25NO4. The highest BCUT2D eigenvalue weighted by molar-refractivity contribution is 5.85. The zero-order chi connectivity index (χ0) is 19.9. The predicted molar refractivity (Wildman–Crippen MR) is 110 cm³/mol. The third-order valence-corrected chi connectivity index (χ3v) is 4.46. The number of nitrogens with zero attached hydrogens (tertiary/aromatic N) is 1. The molecule has 0 radical (unpaired) electrons. The van der Waals surface area contributed by atoms with Crippen molar-refractivity contribution in [2.24, 2.45) is 0 Å². The maximum absolute atomic E-state index is 12.4. The summed E-state index contributed by atoms with van der Waals surface area (Å²) in [6.45, 7) is 3.09. The van der Waals surface area contributed by atoms with E-state index in [1.54, 1.807) is 19.1 Å². The van der Waals surface area contributed by atoms with Gasteiger partial charge in [0, 0.05) is 13.6 Å². The van der Waals surface area contributed by atoms with E-state index in [1.807, 2.05) is 67.6 Å². The van der Waals surface area contributed by atoms with Crippen LogP contribution in [-0.4, -0.2) is 38.2 Å². The molecule has 0 bridgehead atoms. The molecule has 0 heterocycles. The van der Waals surface area contributed by atoms with E-state index in [0.717, 1.165) is 27.8 Å². The van der Waals surface area contributed by atoms with Gasteiger partial charge < -0.3 is 19.1 Å². The molecule has 3 aromatic rings. The third-order valence-electron chi connectivity index (χ3n) is 4.46. The van der Waals surface area contributed by atoms with Gasteiger partial charge in [0.05, 0.1) is 13.7 Å². The molecule has 0 saturated carbocycles. The average Bonchev–Trinajstić information content (AvgIpc) is 2.72. The van der Waals surface area contributed by atoms with Crippen LogP contribution in [0.5, 0.6) is 17.2 Å². The summed E-state index contributed by atoms with van der Waals surface area (Å²) < 4.78 is 16.4. The summed E-state index contributed by atoms with van der Waals surface area (Å²) in [6.07, 6.45) is 0. The number of amides is 1. The molecule has 0 N–H and O–H groups in total. The van der Waals surface area contributed by atoms with Crippen molar-refractivity contribution in [2.45, 2.75) is 13.5 Å². The van der Waals surface area contributed by atoms with E-state index in [0.29, 0.717) is 18.9 Å². The molecule has 0 spiro atoms. The number of hydrogen-bond donors (Lipinski definition) is 0. The van der Waals surface area contributed by atoms with Crippen molar-refractivity contribution in [3.63, 3.8) is 0 Å². The Morgan fingerprint density at radius 3 is 2.18 bits per heavy atom. The number of rotatable bonds is 8. The predicted octanol–water partition coefficient (Wildman–Crippen LogP) is 4.28. The Labute approximate surface area is 165 Å². The number of carbonyl (C=O) groups is 1. The largest absolute Gasteiger partial charge is 0.497 e. The molecule has 0 aromatic heterocycles. The summed E-state index contributed by atoms with van der Waals surface area (Å²) in [4.78, 5) is 14.1. The minimum atomic E-state index is -0.0837. The van der Waals surface area contributed by atoms with Gasteiger partial charge in [0.1, 0.15) is 17.2 Å². The lowest BCUT2D eigenvalue weighted by Gasteiger charge is -2.18. The van der Waals surface area contributed by atoms with Crippen molar-refractivity contribution < 1.29 is 19.0 Å². The first-order chi connectivity index (χ1) is 13.6. The van der Waals surface area contributed by atoms with Gasteiger partial charge in [-0.2, -0.15) is 0 Å². The first-order valence-corrected chi connectivity index (χ1v) is 9.25. The lowest BCUT2D eigenvalue weighted by atomic mass is 10.1. The summed E-state index contributed by atoms with van der Waals surface area (Å²) in [5.41, 5.74) is 1.04. The molecular weight excluding hydrogens is 354 g/mol. The molecule has 0 aliphatic carbocycles. The number of likely N-dealkylation sites (N-methyl/N-ethyl adjacent to an activating group) is 1. The minimum Gasteiger partial charge on any atom is -0.497 e. The Morgan fingerprint density at radius 1 is 0.857 bits per heavy atom. The van der Waals surface area contributed by atoms with E-state index >= 15 is 0 Å². The second-order valence-electron chi connectivity index (χ2n) is 6.49. The summed E-state index contributed by atoms with van der Waals surface area (Å²) in [5, 5.41) is 2.10. The van der Waals surface area contributed by atoms with Crippen LogP contribution in [0, 0.1) is 0 Å². The lowest BCUT2D eigenvalue weighted by Crippen LogP contribution is -2.30. The van der Waals surface area contributed by atoms with E-state index in [4.69, 9.17) is 14.2 Å². The Hall–Kier alpha value is -3.21. The monoisotopic (exact) mass is 379 g/mol. The maximum Gasteiger partial charge on any atom is 0.260 e. The number of benzene rings is 3. The van der Waals surface area contributed by atoms with Crippen molar-refractivity contribution in [2.75, 3.05) is 27.4 Å². The first kappa shape index (κ1) is 19.5. The molecule has 0 unspecified atom stereocenters. The standard InChI is InChI=1S/C23H25NO4/c1-4-27-20-9-5-17(6-10-20)15-24(2)23(25)16-28-22-12-8-18-7-11-21(26-3)13-19(18)14-22/h5-14H,4,15-16H2,1-3H3. The van der Waals surface area contributed by atoms with Crippen molar-refractivity contribution >= 4 is 16.7 Å². The van der Waals surface area contributed by atoms with E-state index in [-0.39, 0.29) is 12.5 Å². The van der Waals surface area contributed by atoms with Gasteiger partial charge in [-0.3, -0.25) is 4.79 Å². The molecule has 28 heavy (non-hydrogen) atoms. The van der Waals surface area contributed by atoms with Crippen LogP contribution >= 0.6 is 0 Å². The van der Waals surface area contributed by atoms with E-state index in [9.17, 15) is 4.79 Å². The van der Waals surface area contributed by atoms with Crippen LogP contribution < -0.4 is 14.2 Å². The molecule has 146 valence electrons. The highest BCUT2D eigenvalue weighted by Gasteiger charge is 2.11. The zero-order valence-corrected chi connectivity index (χ0v) is 16.5. The molecule has 0 aliphatic rings. The minimum absolute atomic E-state index is 0.0109. The number of carbonyl (C=O) groups excluding carboxylic acids is 1. The van der Waals surface area contributed by atoms with Crippen LogP contribution in [0.1, 0.15) is 12.5 Å². The quantitative estimate of drug-likeness (QED) is 0.586. The molecule has 3 aromatic carbocycles. The molecule has 5 heteroatoms. The Morgan fingerprint density at radius 2 is 1.50 bits per heavy atom. The number of fused-ring (bicyclic) bond motifs is 1. The van der Waals surface area contributed by atoms with Crippen LogP contribution in [0.3, 0.4) is 0 Å². The van der Waals surface area contributed by atoms with Crippen LogP contribution in [0.25, 0.3) is 10.8 Å². The molecule has 1 amide bonds. The Balaban J connectivity index is 1.57. The summed E-state index contributed by atoms with van der Waals surface area (Å²) in [6, 6.07) is 19.4. The topological polar surface area (TPSA) is 48.0 Å². The fourth-order valence-corrected chi connectivity index (χ4v) is 2.89. The van der Waals surface area contributed by atoms with Crippen LogP contribution in [0.4, 0.5) is 0 Å². The number of ether oxygens (including phenoxy) is 3. The van der Waals surface area contributed by atoms with E-state index in [1.165, 1.54) is 0 Å². The third kappa shape index (κ3) is 4.94. The molecule has 0 atom stereocenters. The van der Waals surface area contributed by atoms with Gasteiger partial charge in [0.25, 0.3) is 5.91 Å². The first-order valence-electron chi connectivity index (χ1n) is 9.25. The van der Waals surface area contributed by atoms with Crippen molar-refractivity contribution in [1.29, 1.82) is 0 Å². The smallest absolute Gasteiger partial charge is 0.260 e. The number of methoxy groups -OCH3 is 1. The van der Waals surface area contributed by atoms with Gasteiger partial charge in [-0.1, -0.05) is 24.3 Å².